The summed E-state index contributed by atoms with van der Waals surface area (Å²) in [5.74, 6) is -0.910. The second kappa shape index (κ2) is 8.65. The zero-order valence-corrected chi connectivity index (χ0v) is 17.8. The first-order valence-corrected chi connectivity index (χ1v) is 9.53. The molecule has 1 aromatic heterocycles. The van der Waals surface area contributed by atoms with Crippen molar-refractivity contribution < 1.29 is 43.2 Å². The number of aliphatic hydroxyl groups excluding tert-OH is 1. The molecule has 0 aliphatic carbocycles. The first-order valence-electron chi connectivity index (χ1n) is 9.53. The molecule has 5 N–H and O–H groups in total. The van der Waals surface area contributed by atoms with Gasteiger partial charge in [0.2, 0.25) is 12.2 Å². The molecule has 12 heteroatoms. The van der Waals surface area contributed by atoms with Crippen molar-refractivity contribution in [1.29, 1.82) is 0 Å². The number of hydrogen-bond donors (Lipinski definition) is 4. The van der Waals surface area contributed by atoms with E-state index in [1.165, 1.54) is 32.2 Å². The summed E-state index contributed by atoms with van der Waals surface area (Å²) in [7, 11) is 1.37. The summed E-state index contributed by atoms with van der Waals surface area (Å²) >= 11 is 0. The van der Waals surface area contributed by atoms with Gasteiger partial charge < -0.3 is 44.6 Å². The number of benzene rings is 1. The second-order valence-corrected chi connectivity index (χ2v) is 7.71. The van der Waals surface area contributed by atoms with E-state index in [-0.39, 0.29) is 22.4 Å². The van der Waals surface area contributed by atoms with Gasteiger partial charge in [0.15, 0.2) is 23.6 Å². The second-order valence-electron chi connectivity index (χ2n) is 7.71. The number of nitrogens with one attached hydrogen (secondary N) is 1. The van der Waals surface area contributed by atoms with Gasteiger partial charge in [0, 0.05) is 20.1 Å². The van der Waals surface area contributed by atoms with Crippen molar-refractivity contribution >= 4 is 28.7 Å². The lowest BCUT2D eigenvalue weighted by atomic mass is 9.89. The lowest BCUT2D eigenvalue weighted by Crippen LogP contribution is -2.65. The van der Waals surface area contributed by atoms with Crippen LogP contribution in [-0.2, 0) is 19.0 Å². The molecule has 0 radical (unpaired) electrons. The number of ether oxygens (including phenoxy) is 4. The van der Waals surface area contributed by atoms with Crippen LogP contribution in [0.1, 0.15) is 20.8 Å². The number of amides is 2. The predicted molar refractivity (Wildman–Crippen MR) is 109 cm³/mol. The molecular weight excluding hydrogens is 428 g/mol. The summed E-state index contributed by atoms with van der Waals surface area (Å²) in [6, 6.07) is 4.11. The van der Waals surface area contributed by atoms with Crippen LogP contribution in [0.3, 0.4) is 0 Å². The number of nitrogens with two attached hydrogens (primary N) is 1. The lowest BCUT2D eigenvalue weighted by molar-refractivity contribution is -0.304. The van der Waals surface area contributed by atoms with E-state index in [4.69, 9.17) is 29.1 Å². The maximum Gasteiger partial charge on any atom is 0.404 e. The number of rotatable bonds is 5. The smallest absolute Gasteiger partial charge is 0.404 e. The molecule has 1 saturated heterocycles. The zero-order chi connectivity index (χ0) is 23.8. The highest BCUT2D eigenvalue weighted by Crippen LogP contribution is 2.36. The molecule has 174 valence electrons. The Labute approximate surface area is 181 Å². The molecule has 3 rings (SSSR count). The summed E-state index contributed by atoms with van der Waals surface area (Å²) in [5.41, 5.74) is 2.69. The SMILES string of the molecule is CO[C@@H]1[C@@H](OC(N)=O)C(O)[C@H](Oc2ccc3c(O)c(NC(C)=O)c(=O)oc3c2)OC1(C)C. The number of aromatic hydroxyl groups is 1. The molecular formula is C20H24N2O10. The van der Waals surface area contributed by atoms with Crippen molar-refractivity contribution in [1.82, 2.24) is 0 Å². The van der Waals surface area contributed by atoms with E-state index in [1.54, 1.807) is 13.8 Å². The summed E-state index contributed by atoms with van der Waals surface area (Å²) in [5, 5.41) is 23.4. The van der Waals surface area contributed by atoms with Gasteiger partial charge in [-0.3, -0.25) is 4.79 Å². The average molecular weight is 452 g/mol. The fraction of sp³-hybridized carbons (Fsp3) is 0.450. The Morgan fingerprint density at radius 1 is 1.28 bits per heavy atom. The van der Waals surface area contributed by atoms with E-state index in [0.29, 0.717) is 0 Å². The van der Waals surface area contributed by atoms with Crippen LogP contribution in [-0.4, -0.2) is 59.5 Å². The maximum atomic E-state index is 12.1. The highest BCUT2D eigenvalue weighted by Gasteiger charge is 2.53. The number of primary amides is 1. The largest absolute Gasteiger partial charge is 0.505 e. The molecule has 0 spiro atoms. The summed E-state index contributed by atoms with van der Waals surface area (Å²) in [4.78, 5) is 34.7. The van der Waals surface area contributed by atoms with Crippen molar-refractivity contribution in [2.75, 3.05) is 12.4 Å². The molecule has 1 aliphatic rings. The minimum atomic E-state index is -1.47. The molecule has 1 unspecified atom stereocenters. The van der Waals surface area contributed by atoms with Gasteiger partial charge in [-0.2, -0.15) is 0 Å². The van der Waals surface area contributed by atoms with E-state index >= 15 is 0 Å². The van der Waals surface area contributed by atoms with E-state index in [0.717, 1.165) is 0 Å². The fourth-order valence-electron chi connectivity index (χ4n) is 3.60. The predicted octanol–water partition coefficient (Wildman–Crippen LogP) is 0.810. The Balaban J connectivity index is 1.93. The van der Waals surface area contributed by atoms with Crippen LogP contribution in [0.4, 0.5) is 10.5 Å². The molecule has 2 heterocycles. The molecule has 2 amide bonds. The van der Waals surface area contributed by atoms with Gasteiger partial charge >= 0.3 is 11.7 Å². The summed E-state index contributed by atoms with van der Waals surface area (Å²) < 4.78 is 27.1. The van der Waals surface area contributed by atoms with E-state index < -0.39 is 53.6 Å². The number of fused-ring (bicyclic) bond motifs is 1. The number of carbonyl (C=O) groups excluding carboxylic acids is 2. The van der Waals surface area contributed by atoms with Crippen molar-refractivity contribution in [3.63, 3.8) is 0 Å². The Morgan fingerprint density at radius 2 is 1.97 bits per heavy atom. The number of hydrogen-bond acceptors (Lipinski definition) is 10. The molecule has 1 fully saturated rings. The minimum absolute atomic E-state index is 0.0386. The monoisotopic (exact) mass is 452 g/mol. The molecule has 1 aromatic carbocycles. The van der Waals surface area contributed by atoms with Crippen LogP contribution < -0.4 is 21.4 Å². The van der Waals surface area contributed by atoms with Gasteiger partial charge in [-0.1, -0.05) is 0 Å². The zero-order valence-electron chi connectivity index (χ0n) is 17.8. The molecule has 0 saturated carbocycles. The van der Waals surface area contributed by atoms with Gasteiger partial charge in [0.05, 0.1) is 11.0 Å². The van der Waals surface area contributed by atoms with Gasteiger partial charge in [0.1, 0.15) is 17.4 Å². The average Bonchev–Trinajstić information content (AvgIpc) is 2.68. The standard InChI is InChI=1S/C20H24N2O10/c1-8(23)22-12-13(24)10-6-5-9(7-11(10)30-17(12)26)29-18-14(25)15(31-19(21)27)16(28-4)20(2,3)32-18/h5-7,14-16,18,24-25H,1-4H3,(H2,21,27)(H,22,23)/t14?,15-,16+,18+/m0/s1. The van der Waals surface area contributed by atoms with Crippen LogP contribution in [0.15, 0.2) is 27.4 Å². The molecule has 1 aliphatic heterocycles. The van der Waals surface area contributed by atoms with E-state index in [2.05, 4.69) is 5.32 Å². The molecule has 0 bridgehead atoms. The molecule has 32 heavy (non-hydrogen) atoms. The number of carbonyl (C=O) groups is 2. The lowest BCUT2D eigenvalue weighted by Gasteiger charge is -2.47. The third-order valence-electron chi connectivity index (χ3n) is 4.93. The van der Waals surface area contributed by atoms with Crippen LogP contribution in [0.5, 0.6) is 11.5 Å². The summed E-state index contributed by atoms with van der Waals surface area (Å²) in [6.45, 7) is 4.49. The number of aliphatic hydroxyl groups is 1. The van der Waals surface area contributed by atoms with Gasteiger partial charge in [-0.15, -0.1) is 0 Å². The van der Waals surface area contributed by atoms with Crippen molar-refractivity contribution in [3.05, 3.63) is 28.6 Å². The van der Waals surface area contributed by atoms with E-state index in [9.17, 15) is 24.6 Å². The summed E-state index contributed by atoms with van der Waals surface area (Å²) in [6.07, 6.45) is -5.92. The fourth-order valence-corrected chi connectivity index (χ4v) is 3.60. The Hall–Kier alpha value is -3.35. The number of anilines is 1. The maximum absolute atomic E-state index is 12.1. The van der Waals surface area contributed by atoms with Crippen LogP contribution in [0, 0.1) is 0 Å². The first kappa shape index (κ1) is 23.3. The minimum Gasteiger partial charge on any atom is -0.505 e. The Bertz CT molecular complexity index is 1100. The van der Waals surface area contributed by atoms with Crippen molar-refractivity contribution in [2.45, 2.75) is 51.0 Å². The highest BCUT2D eigenvalue weighted by molar-refractivity contribution is 5.96. The van der Waals surface area contributed by atoms with Crippen molar-refractivity contribution in [3.8, 4) is 11.5 Å². The van der Waals surface area contributed by atoms with Crippen molar-refractivity contribution in [2.24, 2.45) is 5.73 Å². The van der Waals surface area contributed by atoms with E-state index in [1.807, 2.05) is 0 Å². The van der Waals surface area contributed by atoms with Gasteiger partial charge in [-0.25, -0.2) is 9.59 Å². The van der Waals surface area contributed by atoms with Crippen LogP contribution in [0.25, 0.3) is 11.0 Å². The molecule has 2 aromatic rings. The quantitative estimate of drug-likeness (QED) is 0.474. The first-order chi connectivity index (χ1) is 14.9. The van der Waals surface area contributed by atoms with Crippen LogP contribution in [0.2, 0.25) is 0 Å². The Morgan fingerprint density at radius 3 is 2.56 bits per heavy atom. The van der Waals surface area contributed by atoms with Gasteiger partial charge in [-0.05, 0) is 26.0 Å². The van der Waals surface area contributed by atoms with Gasteiger partial charge in [0.25, 0.3) is 0 Å². The molecule has 4 atom stereocenters. The highest BCUT2D eigenvalue weighted by atomic mass is 16.7. The third-order valence-corrected chi connectivity index (χ3v) is 4.93. The normalized spacial score (nSPS) is 24.7. The van der Waals surface area contributed by atoms with Crippen LogP contribution >= 0.6 is 0 Å². The Kier molecular flexibility index (Phi) is 6.30. The topological polar surface area (TPSA) is 180 Å². The molecule has 12 nitrogen and oxygen atoms in total. The number of methoxy groups -OCH3 is 1. The third kappa shape index (κ3) is 4.47.